The average molecular weight is 197 g/mol. The van der Waals surface area contributed by atoms with E-state index in [1.165, 1.54) is 0 Å². The molecule has 0 bridgehead atoms. The topological polar surface area (TPSA) is 39.1 Å². The van der Waals surface area contributed by atoms with Gasteiger partial charge in [0.1, 0.15) is 0 Å². The summed E-state index contributed by atoms with van der Waals surface area (Å²) in [5, 5.41) is 4.43. The Balaban J connectivity index is 2.42. The summed E-state index contributed by atoms with van der Waals surface area (Å²) >= 11 is 0. The third-order valence-corrected chi connectivity index (χ3v) is 2.21. The van der Waals surface area contributed by atoms with E-state index in [1.54, 1.807) is 0 Å². The Morgan fingerprint density at radius 3 is 3.00 bits per heavy atom. The van der Waals surface area contributed by atoms with Gasteiger partial charge in [0.15, 0.2) is 0 Å². The second-order valence-electron chi connectivity index (χ2n) is 3.30. The van der Waals surface area contributed by atoms with E-state index in [1.807, 2.05) is 23.9 Å². The van der Waals surface area contributed by atoms with Crippen LogP contribution in [0, 0.1) is 0 Å². The summed E-state index contributed by atoms with van der Waals surface area (Å²) in [7, 11) is 0. The van der Waals surface area contributed by atoms with Crippen molar-refractivity contribution in [2.24, 2.45) is 0 Å². The zero-order chi connectivity index (χ0) is 10.4. The minimum absolute atomic E-state index is 0.468. The minimum Gasteiger partial charge on any atom is -0.302 e. The molecule has 0 fully saturated rings. The SMILES string of the molecule is CCONCc1ccn(C(C)CC)n1. The summed E-state index contributed by atoms with van der Waals surface area (Å²) in [4.78, 5) is 5.03. The third kappa shape index (κ3) is 3.12. The number of rotatable bonds is 6. The molecule has 4 heteroatoms. The van der Waals surface area contributed by atoms with E-state index in [4.69, 9.17) is 4.84 Å². The van der Waals surface area contributed by atoms with Crippen molar-refractivity contribution in [2.75, 3.05) is 6.61 Å². The molecule has 0 spiro atoms. The highest BCUT2D eigenvalue weighted by Crippen LogP contribution is 2.08. The summed E-state index contributed by atoms with van der Waals surface area (Å²) in [5.74, 6) is 0. The quantitative estimate of drug-likeness (QED) is 0.559. The van der Waals surface area contributed by atoms with Crippen molar-refractivity contribution < 1.29 is 4.84 Å². The van der Waals surface area contributed by atoms with Gasteiger partial charge in [0.05, 0.1) is 18.8 Å². The van der Waals surface area contributed by atoms with Gasteiger partial charge in [-0.15, -0.1) is 0 Å². The summed E-state index contributed by atoms with van der Waals surface area (Å²) in [6, 6.07) is 2.48. The predicted octanol–water partition coefficient (Wildman–Crippen LogP) is 1.90. The standard InChI is InChI=1S/C10H19N3O/c1-4-9(3)13-7-6-10(12-13)8-11-14-5-2/h6-7,9,11H,4-5,8H2,1-3H3. The Morgan fingerprint density at radius 2 is 2.36 bits per heavy atom. The molecule has 0 aromatic carbocycles. The summed E-state index contributed by atoms with van der Waals surface area (Å²) in [6.07, 6.45) is 3.11. The van der Waals surface area contributed by atoms with E-state index < -0.39 is 0 Å². The Kier molecular flexibility index (Phi) is 4.62. The molecule has 1 heterocycles. The lowest BCUT2D eigenvalue weighted by atomic mass is 10.3. The largest absolute Gasteiger partial charge is 0.302 e. The molecule has 1 N–H and O–H groups in total. The molecule has 0 amide bonds. The molecule has 1 aromatic rings. The number of aromatic nitrogens is 2. The van der Waals surface area contributed by atoms with E-state index in [2.05, 4.69) is 24.4 Å². The molecule has 1 atom stereocenters. The van der Waals surface area contributed by atoms with Crippen molar-refractivity contribution in [3.8, 4) is 0 Å². The molecule has 0 aliphatic rings. The van der Waals surface area contributed by atoms with E-state index >= 15 is 0 Å². The minimum atomic E-state index is 0.468. The molecule has 4 nitrogen and oxygen atoms in total. The van der Waals surface area contributed by atoms with Gasteiger partial charge >= 0.3 is 0 Å². The van der Waals surface area contributed by atoms with Crippen molar-refractivity contribution in [3.63, 3.8) is 0 Å². The van der Waals surface area contributed by atoms with Crippen LogP contribution in [0.2, 0.25) is 0 Å². The monoisotopic (exact) mass is 197 g/mol. The first-order valence-electron chi connectivity index (χ1n) is 5.16. The second-order valence-corrected chi connectivity index (χ2v) is 3.30. The highest BCUT2D eigenvalue weighted by Gasteiger charge is 2.03. The van der Waals surface area contributed by atoms with Gasteiger partial charge < -0.3 is 4.84 Å². The average Bonchev–Trinajstić information content (AvgIpc) is 2.66. The van der Waals surface area contributed by atoms with Crippen LogP contribution in [0.15, 0.2) is 12.3 Å². The van der Waals surface area contributed by atoms with Gasteiger partial charge in [-0.25, -0.2) is 0 Å². The maximum atomic E-state index is 5.03. The van der Waals surface area contributed by atoms with Gasteiger partial charge in [0.2, 0.25) is 0 Å². The number of nitrogens with one attached hydrogen (secondary N) is 1. The van der Waals surface area contributed by atoms with Crippen LogP contribution in [0.5, 0.6) is 0 Å². The van der Waals surface area contributed by atoms with E-state index in [-0.39, 0.29) is 0 Å². The molecule has 80 valence electrons. The Labute approximate surface area is 85.2 Å². The normalized spacial score (nSPS) is 13.1. The fraction of sp³-hybridized carbons (Fsp3) is 0.700. The predicted molar refractivity (Wildman–Crippen MR) is 55.7 cm³/mol. The van der Waals surface area contributed by atoms with Crippen molar-refractivity contribution in [2.45, 2.75) is 39.8 Å². The Hall–Kier alpha value is -0.870. The molecule has 0 aliphatic heterocycles. The highest BCUT2D eigenvalue weighted by molar-refractivity contribution is 4.98. The highest BCUT2D eigenvalue weighted by atomic mass is 16.6. The van der Waals surface area contributed by atoms with Crippen LogP contribution in [-0.4, -0.2) is 16.4 Å². The van der Waals surface area contributed by atoms with Gasteiger partial charge in [-0.2, -0.15) is 10.6 Å². The molecule has 0 radical (unpaired) electrons. The number of hydrogen-bond donors (Lipinski definition) is 1. The second kappa shape index (κ2) is 5.78. The van der Waals surface area contributed by atoms with Gasteiger partial charge in [0.25, 0.3) is 0 Å². The van der Waals surface area contributed by atoms with E-state index in [0.29, 0.717) is 19.2 Å². The van der Waals surface area contributed by atoms with Crippen LogP contribution in [0.1, 0.15) is 38.9 Å². The molecule has 1 rings (SSSR count). The van der Waals surface area contributed by atoms with Crippen molar-refractivity contribution in [3.05, 3.63) is 18.0 Å². The molecule has 1 aromatic heterocycles. The van der Waals surface area contributed by atoms with Crippen LogP contribution >= 0.6 is 0 Å². The van der Waals surface area contributed by atoms with E-state index in [0.717, 1.165) is 12.1 Å². The van der Waals surface area contributed by atoms with Crippen LogP contribution in [-0.2, 0) is 11.4 Å². The molecule has 0 saturated heterocycles. The van der Waals surface area contributed by atoms with Gasteiger partial charge in [-0.05, 0) is 26.3 Å². The van der Waals surface area contributed by atoms with Crippen LogP contribution < -0.4 is 5.48 Å². The molecular weight excluding hydrogens is 178 g/mol. The first-order valence-corrected chi connectivity index (χ1v) is 5.16. The lowest BCUT2D eigenvalue weighted by Crippen LogP contribution is -2.14. The van der Waals surface area contributed by atoms with Crippen molar-refractivity contribution >= 4 is 0 Å². The first-order chi connectivity index (χ1) is 6.77. The fourth-order valence-electron chi connectivity index (χ4n) is 1.13. The molecule has 1 unspecified atom stereocenters. The van der Waals surface area contributed by atoms with Crippen molar-refractivity contribution in [1.29, 1.82) is 0 Å². The van der Waals surface area contributed by atoms with E-state index in [9.17, 15) is 0 Å². The first kappa shape index (κ1) is 11.2. The van der Waals surface area contributed by atoms with Crippen LogP contribution in [0.25, 0.3) is 0 Å². The maximum Gasteiger partial charge on any atom is 0.0786 e. The van der Waals surface area contributed by atoms with Crippen molar-refractivity contribution in [1.82, 2.24) is 15.3 Å². The Bertz CT molecular complexity index is 260. The fourth-order valence-corrected chi connectivity index (χ4v) is 1.13. The Morgan fingerprint density at radius 1 is 1.57 bits per heavy atom. The molecule has 0 aliphatic carbocycles. The number of nitrogens with zero attached hydrogens (tertiary/aromatic N) is 2. The zero-order valence-electron chi connectivity index (χ0n) is 9.16. The third-order valence-electron chi connectivity index (χ3n) is 2.21. The molecule has 14 heavy (non-hydrogen) atoms. The number of hydroxylamine groups is 1. The van der Waals surface area contributed by atoms with Gasteiger partial charge in [-0.3, -0.25) is 4.68 Å². The van der Waals surface area contributed by atoms with Gasteiger partial charge in [0, 0.05) is 12.2 Å². The van der Waals surface area contributed by atoms with Crippen LogP contribution in [0.4, 0.5) is 0 Å². The number of hydrogen-bond acceptors (Lipinski definition) is 3. The smallest absolute Gasteiger partial charge is 0.0786 e. The molecule has 0 saturated carbocycles. The maximum absolute atomic E-state index is 5.03. The summed E-state index contributed by atoms with van der Waals surface area (Å²) < 4.78 is 1.99. The lowest BCUT2D eigenvalue weighted by Gasteiger charge is -2.08. The zero-order valence-corrected chi connectivity index (χ0v) is 9.16. The summed E-state index contributed by atoms with van der Waals surface area (Å²) in [6.45, 7) is 7.60. The summed E-state index contributed by atoms with van der Waals surface area (Å²) in [5.41, 5.74) is 3.86. The lowest BCUT2D eigenvalue weighted by molar-refractivity contribution is 0.0455. The molecular formula is C10H19N3O. The van der Waals surface area contributed by atoms with Crippen LogP contribution in [0.3, 0.4) is 0 Å². The van der Waals surface area contributed by atoms with Gasteiger partial charge in [-0.1, -0.05) is 6.92 Å².